The van der Waals surface area contributed by atoms with Crippen molar-refractivity contribution in [1.29, 1.82) is 0 Å². The van der Waals surface area contributed by atoms with Gasteiger partial charge >= 0.3 is 5.97 Å². The van der Waals surface area contributed by atoms with Crippen LogP contribution in [-0.4, -0.2) is 24.2 Å². The largest absolute Gasteiger partial charge is 0.484 e. The molecule has 0 fully saturated rings. The zero-order valence-corrected chi connectivity index (χ0v) is 12.8. The van der Waals surface area contributed by atoms with Gasteiger partial charge in [0.2, 0.25) is 0 Å². The molecule has 1 aromatic carbocycles. The number of methoxy groups -OCH3 is 1. The molecule has 1 aromatic heterocycles. The minimum absolute atomic E-state index is 0.0991. The van der Waals surface area contributed by atoms with Gasteiger partial charge in [-0.1, -0.05) is 36.9 Å². The minimum Gasteiger partial charge on any atom is -0.484 e. The topological polar surface area (TPSA) is 48.4 Å². The Labute approximate surface area is 135 Å². The summed E-state index contributed by atoms with van der Waals surface area (Å²) in [6.45, 7) is 3.86. The molecular weight excluding hydrogens is 290 g/mol. The fraction of sp³-hybridized carbons (Fsp3) is 0.158. The quantitative estimate of drug-likeness (QED) is 0.642. The number of esters is 1. The molecule has 0 aliphatic carbocycles. The highest BCUT2D eigenvalue weighted by Crippen LogP contribution is 2.39. The number of carbonyl (C=O) groups is 1. The van der Waals surface area contributed by atoms with E-state index < -0.39 is 12.1 Å². The zero-order valence-electron chi connectivity index (χ0n) is 12.8. The second-order valence-corrected chi connectivity index (χ2v) is 5.26. The van der Waals surface area contributed by atoms with Crippen LogP contribution in [0.2, 0.25) is 0 Å². The molecule has 4 heteroatoms. The van der Waals surface area contributed by atoms with E-state index in [0.29, 0.717) is 11.3 Å². The van der Waals surface area contributed by atoms with Crippen molar-refractivity contribution in [3.05, 3.63) is 84.2 Å². The maximum absolute atomic E-state index is 11.9. The molecule has 0 N–H and O–H groups in total. The molecule has 1 aliphatic rings. The molecule has 2 heterocycles. The lowest BCUT2D eigenvalue weighted by atomic mass is 9.90. The summed E-state index contributed by atoms with van der Waals surface area (Å²) in [5.41, 5.74) is 2.23. The van der Waals surface area contributed by atoms with Gasteiger partial charge in [0.05, 0.1) is 12.7 Å². The summed E-state index contributed by atoms with van der Waals surface area (Å²) in [6.07, 6.45) is 4.96. The van der Waals surface area contributed by atoms with Gasteiger partial charge < -0.3 is 9.47 Å². The van der Waals surface area contributed by atoms with E-state index in [1.807, 2.05) is 48.5 Å². The van der Waals surface area contributed by atoms with Crippen molar-refractivity contribution in [2.75, 3.05) is 7.11 Å². The third-order valence-corrected chi connectivity index (χ3v) is 3.83. The van der Waals surface area contributed by atoms with E-state index >= 15 is 0 Å². The SMILES string of the molecule is C=C(C(=O)OC)[C@H]1OC(c2cccnc2)=C[C@@H]1c1ccccc1. The fourth-order valence-electron chi connectivity index (χ4n) is 2.65. The predicted octanol–water partition coefficient (Wildman–Crippen LogP) is 3.33. The van der Waals surface area contributed by atoms with Crippen LogP contribution in [0.4, 0.5) is 0 Å². The number of pyridine rings is 1. The van der Waals surface area contributed by atoms with E-state index in [1.165, 1.54) is 7.11 Å². The molecule has 0 spiro atoms. The summed E-state index contributed by atoms with van der Waals surface area (Å²) in [5.74, 6) is 0.136. The minimum atomic E-state index is -0.486. The summed E-state index contributed by atoms with van der Waals surface area (Å²) in [7, 11) is 1.34. The van der Waals surface area contributed by atoms with Crippen LogP contribution in [0.1, 0.15) is 17.0 Å². The van der Waals surface area contributed by atoms with Crippen molar-refractivity contribution in [2.45, 2.75) is 12.0 Å². The van der Waals surface area contributed by atoms with Crippen molar-refractivity contribution in [3.8, 4) is 0 Å². The normalized spacial score (nSPS) is 19.6. The van der Waals surface area contributed by atoms with E-state index in [4.69, 9.17) is 9.47 Å². The monoisotopic (exact) mass is 307 g/mol. The molecule has 0 amide bonds. The van der Waals surface area contributed by atoms with Crippen LogP contribution in [0.15, 0.2) is 73.1 Å². The number of hydrogen-bond donors (Lipinski definition) is 0. The number of hydrogen-bond acceptors (Lipinski definition) is 4. The molecule has 2 aromatic rings. The van der Waals surface area contributed by atoms with Crippen molar-refractivity contribution >= 4 is 11.7 Å². The van der Waals surface area contributed by atoms with Crippen LogP contribution in [0.25, 0.3) is 5.76 Å². The maximum atomic E-state index is 11.9. The van der Waals surface area contributed by atoms with Crippen molar-refractivity contribution in [2.24, 2.45) is 0 Å². The van der Waals surface area contributed by atoms with Gasteiger partial charge in [0.15, 0.2) is 0 Å². The predicted molar refractivity (Wildman–Crippen MR) is 87.4 cm³/mol. The Morgan fingerprint density at radius 3 is 2.65 bits per heavy atom. The average Bonchev–Trinajstić information content (AvgIpc) is 3.07. The highest BCUT2D eigenvalue weighted by molar-refractivity contribution is 5.89. The van der Waals surface area contributed by atoms with Gasteiger partial charge in [-0.15, -0.1) is 0 Å². The Morgan fingerprint density at radius 1 is 1.22 bits per heavy atom. The number of ether oxygens (including phenoxy) is 2. The molecule has 2 atom stereocenters. The molecule has 4 nitrogen and oxygen atoms in total. The highest BCUT2D eigenvalue weighted by Gasteiger charge is 2.36. The van der Waals surface area contributed by atoms with Crippen LogP contribution in [0, 0.1) is 0 Å². The Morgan fingerprint density at radius 2 is 2.00 bits per heavy atom. The van der Waals surface area contributed by atoms with Crippen molar-refractivity contribution < 1.29 is 14.3 Å². The molecule has 0 saturated carbocycles. The second-order valence-electron chi connectivity index (χ2n) is 5.26. The van der Waals surface area contributed by atoms with Gasteiger partial charge in [-0.2, -0.15) is 0 Å². The Hall–Kier alpha value is -2.88. The average molecular weight is 307 g/mol. The first-order chi connectivity index (χ1) is 11.2. The fourth-order valence-corrected chi connectivity index (χ4v) is 2.65. The van der Waals surface area contributed by atoms with Gasteiger partial charge in [-0.05, 0) is 23.8 Å². The Bertz CT molecular complexity index is 738. The highest BCUT2D eigenvalue weighted by atomic mass is 16.5. The van der Waals surface area contributed by atoms with Crippen LogP contribution >= 0.6 is 0 Å². The van der Waals surface area contributed by atoms with E-state index in [1.54, 1.807) is 12.4 Å². The summed E-state index contributed by atoms with van der Waals surface area (Å²) >= 11 is 0. The molecule has 0 radical (unpaired) electrons. The molecule has 0 unspecified atom stereocenters. The molecule has 116 valence electrons. The standard InChI is InChI=1S/C19H17NO3/c1-13(19(21)22-2)18-16(14-7-4-3-5-8-14)11-17(23-18)15-9-6-10-20-12-15/h3-12,16,18H,1H2,2H3/t16-,18-/m1/s1. The van der Waals surface area contributed by atoms with Gasteiger partial charge in [0, 0.05) is 23.9 Å². The second kappa shape index (κ2) is 6.48. The number of carbonyl (C=O) groups excluding carboxylic acids is 1. The van der Waals surface area contributed by atoms with Gasteiger partial charge in [0.1, 0.15) is 11.9 Å². The van der Waals surface area contributed by atoms with Crippen LogP contribution in [-0.2, 0) is 14.3 Å². The zero-order chi connectivity index (χ0) is 16.2. The van der Waals surface area contributed by atoms with Gasteiger partial charge in [-0.25, -0.2) is 4.79 Å². The van der Waals surface area contributed by atoms with E-state index in [2.05, 4.69) is 11.6 Å². The summed E-state index contributed by atoms with van der Waals surface area (Å²) in [5, 5.41) is 0. The van der Waals surface area contributed by atoms with Crippen LogP contribution in [0.3, 0.4) is 0 Å². The lowest BCUT2D eigenvalue weighted by molar-refractivity contribution is -0.137. The molecule has 0 bridgehead atoms. The third-order valence-electron chi connectivity index (χ3n) is 3.83. The summed E-state index contributed by atoms with van der Waals surface area (Å²) in [6, 6.07) is 13.7. The maximum Gasteiger partial charge on any atom is 0.336 e. The van der Waals surface area contributed by atoms with Gasteiger partial charge in [-0.3, -0.25) is 4.98 Å². The molecular formula is C19H17NO3. The molecule has 0 saturated heterocycles. The summed E-state index contributed by atoms with van der Waals surface area (Å²) in [4.78, 5) is 16.0. The van der Waals surface area contributed by atoms with E-state index in [9.17, 15) is 4.79 Å². The van der Waals surface area contributed by atoms with Crippen LogP contribution < -0.4 is 0 Å². The van der Waals surface area contributed by atoms with Crippen molar-refractivity contribution in [1.82, 2.24) is 4.98 Å². The lowest BCUT2D eigenvalue weighted by Gasteiger charge is -2.20. The number of nitrogens with zero attached hydrogens (tertiary/aromatic N) is 1. The Balaban J connectivity index is 1.97. The van der Waals surface area contributed by atoms with E-state index in [0.717, 1.165) is 11.1 Å². The molecule has 23 heavy (non-hydrogen) atoms. The van der Waals surface area contributed by atoms with E-state index in [-0.39, 0.29) is 5.92 Å². The first-order valence-electron chi connectivity index (χ1n) is 7.31. The smallest absolute Gasteiger partial charge is 0.336 e. The van der Waals surface area contributed by atoms with Gasteiger partial charge in [0.25, 0.3) is 0 Å². The van der Waals surface area contributed by atoms with Crippen molar-refractivity contribution in [3.63, 3.8) is 0 Å². The molecule has 3 rings (SSSR count). The number of benzene rings is 1. The summed E-state index contributed by atoms with van der Waals surface area (Å²) < 4.78 is 10.8. The number of rotatable bonds is 4. The first kappa shape index (κ1) is 15.0. The lowest BCUT2D eigenvalue weighted by Crippen LogP contribution is -2.23. The van der Waals surface area contributed by atoms with Crippen LogP contribution in [0.5, 0.6) is 0 Å². The Kier molecular flexibility index (Phi) is 4.24. The number of aromatic nitrogens is 1. The molecule has 1 aliphatic heterocycles. The first-order valence-corrected chi connectivity index (χ1v) is 7.31. The third kappa shape index (κ3) is 3.01.